The van der Waals surface area contributed by atoms with E-state index < -0.39 is 41.6 Å². The minimum atomic E-state index is -1.14. The van der Waals surface area contributed by atoms with Gasteiger partial charge in [-0.2, -0.15) is 0 Å². The van der Waals surface area contributed by atoms with Crippen LogP contribution in [0.15, 0.2) is 17.5 Å². The number of nitrogens with zero attached hydrogens (tertiary/aromatic N) is 2. The highest BCUT2D eigenvalue weighted by molar-refractivity contribution is 5.95. The van der Waals surface area contributed by atoms with Gasteiger partial charge in [-0.1, -0.05) is 97.8 Å². The van der Waals surface area contributed by atoms with Crippen molar-refractivity contribution in [2.45, 2.75) is 174 Å². The molecular formula is C42H74N8O7. The Morgan fingerprint density at radius 2 is 1.33 bits per heavy atom. The summed E-state index contributed by atoms with van der Waals surface area (Å²) < 4.78 is 0. The molecule has 0 aromatic carbocycles. The molecule has 0 fully saturated rings. The first kappa shape index (κ1) is 50.7. The molecule has 1 aromatic heterocycles. The zero-order valence-corrected chi connectivity index (χ0v) is 35.3. The summed E-state index contributed by atoms with van der Waals surface area (Å²) in [5, 5.41) is 17.7. The largest absolute Gasteiger partial charge is 0.481 e. The minimum absolute atomic E-state index is 0.0594. The Morgan fingerprint density at radius 3 is 1.86 bits per heavy atom. The number of rotatable bonds is 35. The predicted octanol–water partition coefficient (Wildman–Crippen LogP) is 5.26. The van der Waals surface area contributed by atoms with E-state index in [1.807, 2.05) is 13.8 Å². The number of aromatic amines is 1. The van der Waals surface area contributed by atoms with Gasteiger partial charge in [0.25, 0.3) is 0 Å². The van der Waals surface area contributed by atoms with Crippen LogP contribution < -0.4 is 27.4 Å². The number of amides is 3. The molecule has 0 aliphatic heterocycles. The second-order valence-electron chi connectivity index (χ2n) is 15.8. The van der Waals surface area contributed by atoms with Crippen LogP contribution in [0.5, 0.6) is 0 Å². The molecule has 0 aliphatic carbocycles. The second kappa shape index (κ2) is 30.8. The van der Waals surface area contributed by atoms with E-state index in [1.54, 1.807) is 6.20 Å². The lowest BCUT2D eigenvalue weighted by molar-refractivity contribution is -0.139. The predicted molar refractivity (Wildman–Crippen MR) is 223 cm³/mol. The highest BCUT2D eigenvalue weighted by atomic mass is 16.4. The van der Waals surface area contributed by atoms with Gasteiger partial charge in [0, 0.05) is 63.5 Å². The zero-order chi connectivity index (χ0) is 42.4. The number of aromatic nitrogens is 2. The average Bonchev–Trinajstić information content (AvgIpc) is 3.68. The van der Waals surface area contributed by atoms with E-state index in [4.69, 9.17) is 11.5 Å². The number of H-pyrrole nitrogens is 1. The first-order chi connectivity index (χ1) is 27.3. The molecule has 15 heteroatoms. The fourth-order valence-corrected chi connectivity index (χ4v) is 6.94. The van der Waals surface area contributed by atoms with Crippen LogP contribution in [-0.2, 0) is 35.2 Å². The van der Waals surface area contributed by atoms with Crippen LogP contribution in [0.2, 0.25) is 0 Å². The van der Waals surface area contributed by atoms with Crippen molar-refractivity contribution in [2.75, 3.05) is 13.6 Å². The number of Topliss-reactive ketones (excluding diaryl/α,β-unsaturated/α-hetero) is 2. The summed E-state index contributed by atoms with van der Waals surface area (Å²) in [5.74, 6) is -5.07. The summed E-state index contributed by atoms with van der Waals surface area (Å²) in [6.07, 6.45) is 18.8. The number of carboxylic acids is 1. The monoisotopic (exact) mass is 803 g/mol. The van der Waals surface area contributed by atoms with Crippen molar-refractivity contribution in [3.63, 3.8) is 0 Å². The van der Waals surface area contributed by atoms with Gasteiger partial charge in [-0.15, -0.1) is 0 Å². The van der Waals surface area contributed by atoms with Gasteiger partial charge in [0.05, 0.1) is 24.3 Å². The fourth-order valence-electron chi connectivity index (χ4n) is 6.94. The van der Waals surface area contributed by atoms with Gasteiger partial charge in [-0.3, -0.25) is 33.8 Å². The van der Waals surface area contributed by atoms with E-state index in [-0.39, 0.29) is 74.5 Å². The number of guanidine groups is 1. The number of carbonyl (C=O) groups excluding carboxylic acids is 5. The van der Waals surface area contributed by atoms with Gasteiger partial charge in [-0.05, 0) is 38.0 Å². The van der Waals surface area contributed by atoms with E-state index in [0.29, 0.717) is 25.0 Å². The molecule has 1 rings (SSSR count). The van der Waals surface area contributed by atoms with Crippen LogP contribution in [0, 0.1) is 17.8 Å². The van der Waals surface area contributed by atoms with Crippen LogP contribution >= 0.6 is 0 Å². The number of hydrogen-bond donors (Lipinski definition) is 7. The normalized spacial score (nSPS) is 13.3. The van der Waals surface area contributed by atoms with Gasteiger partial charge in [-0.25, -0.2) is 4.98 Å². The summed E-state index contributed by atoms with van der Waals surface area (Å²) in [5.41, 5.74) is 11.6. The van der Waals surface area contributed by atoms with Crippen molar-refractivity contribution in [3.05, 3.63) is 18.2 Å². The Morgan fingerprint density at radius 1 is 0.754 bits per heavy atom. The smallest absolute Gasteiger partial charge is 0.303 e. The van der Waals surface area contributed by atoms with Crippen LogP contribution in [0.1, 0.15) is 161 Å². The molecule has 1 heterocycles. The van der Waals surface area contributed by atoms with Crippen molar-refractivity contribution >= 4 is 41.2 Å². The third-order valence-corrected chi connectivity index (χ3v) is 10.2. The van der Waals surface area contributed by atoms with E-state index in [9.17, 15) is 33.9 Å². The van der Waals surface area contributed by atoms with E-state index >= 15 is 0 Å². The molecule has 0 aliphatic rings. The summed E-state index contributed by atoms with van der Waals surface area (Å²) in [6.45, 7) is 6.29. The topological polar surface area (TPSA) is 252 Å². The molecule has 0 bridgehead atoms. The first-order valence-electron chi connectivity index (χ1n) is 21.4. The standard InChI is InChI=1S/C42H74N8O7/c1-5-6-7-8-9-10-11-12-13-14-15-16-17-20-38(53)49-35(24-30(2)3)37(52)26-31(21-22-39(54)55)41(57)50-34(19-18-23-47-42(43)44)36(51)27-32(40(56)45-4)25-33-28-46-29-48-33/h28-32,34-35H,5-27H2,1-4H3,(H,45,56)(H,46,48)(H,49,53)(H,50,57)(H,54,55)(H4,43,44,47)/t31-,32-,34+,35+/m1/s1. The molecule has 0 saturated heterocycles. The SMILES string of the molecule is CCCCCCCCCCCCCCCC(=O)N[C@@H](CC(C)C)C(=O)C[C@@H](CCC(=O)O)C(=O)N[C@@H](CCCN=C(N)N)C(=O)C[C@@H](Cc1cnc[nH]1)C(=O)NC. The number of nitrogens with two attached hydrogens (primary N) is 2. The van der Waals surface area contributed by atoms with Crippen LogP contribution in [0.25, 0.3) is 0 Å². The van der Waals surface area contributed by atoms with Crippen molar-refractivity contribution in [1.82, 2.24) is 25.9 Å². The molecule has 9 N–H and O–H groups in total. The molecule has 0 saturated carbocycles. The molecule has 3 amide bonds. The maximum atomic E-state index is 13.8. The zero-order valence-electron chi connectivity index (χ0n) is 35.3. The third kappa shape index (κ3) is 24.8. The quantitative estimate of drug-likeness (QED) is 0.0266. The van der Waals surface area contributed by atoms with Crippen molar-refractivity contribution in [3.8, 4) is 0 Å². The average molecular weight is 803 g/mol. The molecule has 0 radical (unpaired) electrons. The number of hydrogen-bond acceptors (Lipinski definition) is 8. The van der Waals surface area contributed by atoms with Gasteiger partial charge < -0.3 is 37.5 Å². The molecule has 57 heavy (non-hydrogen) atoms. The number of carboxylic acid groups (broad SMARTS) is 1. The number of ketones is 2. The van der Waals surface area contributed by atoms with Crippen molar-refractivity contribution in [2.24, 2.45) is 34.2 Å². The number of nitrogens with one attached hydrogen (secondary N) is 4. The lowest BCUT2D eigenvalue weighted by Gasteiger charge is -2.25. The highest BCUT2D eigenvalue weighted by Gasteiger charge is 2.32. The minimum Gasteiger partial charge on any atom is -0.481 e. The summed E-state index contributed by atoms with van der Waals surface area (Å²) in [7, 11) is 1.47. The molecule has 15 nitrogen and oxygen atoms in total. The van der Waals surface area contributed by atoms with E-state index in [1.165, 1.54) is 71.2 Å². The van der Waals surface area contributed by atoms with Crippen LogP contribution in [0.3, 0.4) is 0 Å². The van der Waals surface area contributed by atoms with Crippen LogP contribution in [-0.4, -0.2) is 82.0 Å². The number of unbranched alkanes of at least 4 members (excludes halogenated alkanes) is 12. The second-order valence-corrected chi connectivity index (χ2v) is 15.8. The Bertz CT molecular complexity index is 1350. The molecule has 0 unspecified atom stereocenters. The summed E-state index contributed by atoms with van der Waals surface area (Å²) in [6, 6.07) is -1.90. The maximum absolute atomic E-state index is 13.8. The Hall–Kier alpha value is -4.30. The van der Waals surface area contributed by atoms with Gasteiger partial charge >= 0.3 is 5.97 Å². The summed E-state index contributed by atoms with van der Waals surface area (Å²) >= 11 is 0. The lowest BCUT2D eigenvalue weighted by Crippen LogP contribution is -2.47. The fraction of sp³-hybridized carbons (Fsp3) is 0.762. The highest BCUT2D eigenvalue weighted by Crippen LogP contribution is 2.20. The number of aliphatic imine (C=N–C) groups is 1. The third-order valence-electron chi connectivity index (χ3n) is 10.2. The maximum Gasteiger partial charge on any atom is 0.303 e. The van der Waals surface area contributed by atoms with Crippen LogP contribution in [0.4, 0.5) is 0 Å². The lowest BCUT2D eigenvalue weighted by atomic mass is 9.89. The van der Waals surface area contributed by atoms with E-state index in [2.05, 4.69) is 37.8 Å². The van der Waals surface area contributed by atoms with Crippen molar-refractivity contribution in [1.29, 1.82) is 0 Å². The number of carbonyl (C=O) groups is 6. The molecule has 324 valence electrons. The Labute approximate surface area is 340 Å². The molecule has 0 spiro atoms. The first-order valence-corrected chi connectivity index (χ1v) is 21.4. The Kier molecular flexibility index (Phi) is 27.4. The Balaban J connectivity index is 2.91. The molecule has 4 atom stereocenters. The summed E-state index contributed by atoms with van der Waals surface area (Å²) in [4.78, 5) is 89.6. The molecule has 1 aromatic rings. The van der Waals surface area contributed by atoms with Crippen molar-refractivity contribution < 1.29 is 33.9 Å². The van der Waals surface area contributed by atoms with Gasteiger partial charge in [0.15, 0.2) is 17.5 Å². The van der Waals surface area contributed by atoms with Gasteiger partial charge in [0.1, 0.15) is 0 Å². The van der Waals surface area contributed by atoms with E-state index in [0.717, 1.165) is 25.7 Å². The van der Waals surface area contributed by atoms with Gasteiger partial charge in [0.2, 0.25) is 17.7 Å². The number of aliphatic carboxylic acids is 1. The number of imidazole rings is 1. The molecular weight excluding hydrogens is 729 g/mol.